The van der Waals surface area contributed by atoms with Gasteiger partial charge in [0.2, 0.25) is 0 Å². The largest absolute Gasteiger partial charge is 0.462 e. The standard InChI is InChI=1S/C14H12O5/c1-3-13(15)18-10-9-17-11-5-7-12(8-6-11)19-14(16)4-2/h3-10H,1-2H2. The second-order valence-electron chi connectivity index (χ2n) is 3.13. The molecule has 0 amide bonds. The highest BCUT2D eigenvalue weighted by Gasteiger charge is 1.99. The van der Waals surface area contributed by atoms with Crippen LogP contribution in [0, 0.1) is 0 Å². The molecule has 0 heterocycles. The SMILES string of the molecule is C=CC(=O)OC=COc1ccc(OC(=O)C=C)cc1. The van der Waals surface area contributed by atoms with Gasteiger partial charge < -0.3 is 14.2 Å². The molecular formula is C14H12O5. The fraction of sp³-hybridized carbons (Fsp3) is 0. The Morgan fingerprint density at radius 2 is 1.47 bits per heavy atom. The van der Waals surface area contributed by atoms with E-state index in [0.29, 0.717) is 11.5 Å². The average Bonchev–Trinajstić information content (AvgIpc) is 2.44. The van der Waals surface area contributed by atoms with Crippen LogP contribution in [0.15, 0.2) is 62.1 Å². The van der Waals surface area contributed by atoms with Gasteiger partial charge in [-0.2, -0.15) is 0 Å². The highest BCUT2D eigenvalue weighted by atomic mass is 16.5. The third-order valence-corrected chi connectivity index (χ3v) is 1.82. The zero-order chi connectivity index (χ0) is 14.1. The van der Waals surface area contributed by atoms with Crippen molar-refractivity contribution in [2.75, 3.05) is 0 Å². The third kappa shape index (κ3) is 5.36. The van der Waals surface area contributed by atoms with Crippen LogP contribution in [0.3, 0.4) is 0 Å². The molecular weight excluding hydrogens is 248 g/mol. The number of rotatable bonds is 6. The molecule has 0 saturated carbocycles. The first-order valence-corrected chi connectivity index (χ1v) is 5.24. The Morgan fingerprint density at radius 1 is 0.895 bits per heavy atom. The van der Waals surface area contributed by atoms with Crippen LogP contribution in [-0.2, 0) is 14.3 Å². The Morgan fingerprint density at radius 3 is 2.05 bits per heavy atom. The van der Waals surface area contributed by atoms with Crippen molar-refractivity contribution in [3.8, 4) is 11.5 Å². The van der Waals surface area contributed by atoms with Crippen molar-refractivity contribution in [1.82, 2.24) is 0 Å². The summed E-state index contributed by atoms with van der Waals surface area (Å²) in [4.78, 5) is 21.6. The summed E-state index contributed by atoms with van der Waals surface area (Å²) >= 11 is 0. The van der Waals surface area contributed by atoms with Crippen molar-refractivity contribution >= 4 is 11.9 Å². The van der Waals surface area contributed by atoms with Crippen LogP contribution < -0.4 is 9.47 Å². The smallest absolute Gasteiger partial charge is 0.335 e. The number of esters is 2. The van der Waals surface area contributed by atoms with E-state index in [1.807, 2.05) is 0 Å². The first-order chi connectivity index (χ1) is 9.15. The second kappa shape index (κ2) is 7.50. The van der Waals surface area contributed by atoms with Gasteiger partial charge in [0.25, 0.3) is 0 Å². The summed E-state index contributed by atoms with van der Waals surface area (Å²) in [5.41, 5.74) is 0. The summed E-state index contributed by atoms with van der Waals surface area (Å²) in [5.74, 6) is -0.250. The van der Waals surface area contributed by atoms with E-state index in [2.05, 4.69) is 17.9 Å². The molecule has 0 N–H and O–H groups in total. The summed E-state index contributed by atoms with van der Waals surface area (Å²) in [6.45, 7) is 6.53. The molecule has 0 saturated heterocycles. The van der Waals surface area contributed by atoms with Crippen molar-refractivity contribution in [3.63, 3.8) is 0 Å². The van der Waals surface area contributed by atoms with Crippen molar-refractivity contribution in [2.45, 2.75) is 0 Å². The lowest BCUT2D eigenvalue weighted by Gasteiger charge is -2.03. The van der Waals surface area contributed by atoms with E-state index < -0.39 is 11.9 Å². The molecule has 5 heteroatoms. The van der Waals surface area contributed by atoms with Gasteiger partial charge in [0, 0.05) is 12.2 Å². The predicted octanol–water partition coefficient (Wildman–Crippen LogP) is 2.36. The monoisotopic (exact) mass is 260 g/mol. The van der Waals surface area contributed by atoms with Gasteiger partial charge >= 0.3 is 11.9 Å². The highest BCUT2D eigenvalue weighted by Crippen LogP contribution is 2.17. The van der Waals surface area contributed by atoms with Crippen LogP contribution in [0.25, 0.3) is 0 Å². The molecule has 0 unspecified atom stereocenters. The first kappa shape index (κ1) is 14.2. The zero-order valence-electron chi connectivity index (χ0n) is 10.1. The summed E-state index contributed by atoms with van der Waals surface area (Å²) in [6, 6.07) is 6.29. The van der Waals surface area contributed by atoms with E-state index in [-0.39, 0.29) is 0 Å². The molecule has 0 radical (unpaired) electrons. The van der Waals surface area contributed by atoms with Gasteiger partial charge in [-0.05, 0) is 24.3 Å². The summed E-state index contributed by atoms with van der Waals surface area (Å²) in [6.07, 6.45) is 4.40. The van der Waals surface area contributed by atoms with E-state index in [0.717, 1.165) is 18.4 Å². The molecule has 1 rings (SSSR count). The minimum absolute atomic E-state index is 0.374. The first-order valence-electron chi connectivity index (χ1n) is 5.24. The lowest BCUT2D eigenvalue weighted by molar-refractivity contribution is -0.132. The van der Waals surface area contributed by atoms with Crippen LogP contribution >= 0.6 is 0 Å². The molecule has 0 fully saturated rings. The van der Waals surface area contributed by atoms with Crippen molar-refractivity contribution in [2.24, 2.45) is 0 Å². The van der Waals surface area contributed by atoms with Crippen molar-refractivity contribution in [1.29, 1.82) is 0 Å². The Labute approximate surface area is 110 Å². The van der Waals surface area contributed by atoms with Crippen LogP contribution in [0.1, 0.15) is 0 Å². The van der Waals surface area contributed by atoms with Gasteiger partial charge in [0.1, 0.15) is 24.0 Å². The van der Waals surface area contributed by atoms with Crippen LogP contribution in [0.2, 0.25) is 0 Å². The Kier molecular flexibility index (Phi) is 5.62. The van der Waals surface area contributed by atoms with E-state index >= 15 is 0 Å². The molecule has 5 nitrogen and oxygen atoms in total. The number of carbonyl (C=O) groups excluding carboxylic acids is 2. The zero-order valence-corrected chi connectivity index (χ0v) is 10.1. The van der Waals surface area contributed by atoms with Gasteiger partial charge in [0.05, 0.1) is 0 Å². The van der Waals surface area contributed by atoms with Crippen LogP contribution in [-0.4, -0.2) is 11.9 Å². The van der Waals surface area contributed by atoms with Gasteiger partial charge in [0.15, 0.2) is 0 Å². The Bertz CT molecular complexity index is 499. The van der Waals surface area contributed by atoms with E-state index in [4.69, 9.17) is 9.47 Å². The van der Waals surface area contributed by atoms with E-state index in [1.54, 1.807) is 24.3 Å². The number of benzene rings is 1. The molecule has 0 atom stereocenters. The van der Waals surface area contributed by atoms with E-state index in [9.17, 15) is 9.59 Å². The topological polar surface area (TPSA) is 61.8 Å². The number of carbonyl (C=O) groups is 2. The molecule has 98 valence electrons. The molecule has 0 spiro atoms. The quantitative estimate of drug-likeness (QED) is 0.340. The van der Waals surface area contributed by atoms with Crippen molar-refractivity contribution < 1.29 is 23.8 Å². The number of hydrogen-bond donors (Lipinski definition) is 0. The molecule has 0 aliphatic carbocycles. The molecule has 1 aromatic rings. The fourth-order valence-electron chi connectivity index (χ4n) is 0.993. The second-order valence-corrected chi connectivity index (χ2v) is 3.13. The number of hydrogen-bond acceptors (Lipinski definition) is 5. The van der Waals surface area contributed by atoms with E-state index in [1.165, 1.54) is 6.26 Å². The minimum atomic E-state index is -0.577. The van der Waals surface area contributed by atoms with Gasteiger partial charge in [-0.15, -0.1) is 0 Å². The minimum Gasteiger partial charge on any atom is -0.462 e. The molecule has 19 heavy (non-hydrogen) atoms. The molecule has 0 aromatic heterocycles. The third-order valence-electron chi connectivity index (χ3n) is 1.82. The molecule has 0 bridgehead atoms. The summed E-state index contributed by atoms with van der Waals surface area (Å²) in [5, 5.41) is 0. The molecule has 1 aromatic carbocycles. The number of ether oxygens (including phenoxy) is 3. The molecule has 0 aliphatic rings. The molecule has 0 aliphatic heterocycles. The van der Waals surface area contributed by atoms with Crippen LogP contribution in [0.4, 0.5) is 0 Å². The lowest BCUT2D eigenvalue weighted by atomic mass is 10.3. The Balaban J connectivity index is 2.48. The lowest BCUT2D eigenvalue weighted by Crippen LogP contribution is -2.02. The maximum atomic E-state index is 10.9. The van der Waals surface area contributed by atoms with Gasteiger partial charge in [-0.25, -0.2) is 9.59 Å². The van der Waals surface area contributed by atoms with Crippen LogP contribution in [0.5, 0.6) is 11.5 Å². The predicted molar refractivity (Wildman–Crippen MR) is 68.3 cm³/mol. The normalized spacial score (nSPS) is 9.68. The van der Waals surface area contributed by atoms with Gasteiger partial charge in [-0.1, -0.05) is 13.2 Å². The van der Waals surface area contributed by atoms with Crippen molar-refractivity contribution in [3.05, 3.63) is 62.1 Å². The fourth-order valence-corrected chi connectivity index (χ4v) is 0.993. The summed E-state index contributed by atoms with van der Waals surface area (Å²) < 4.78 is 14.6. The maximum Gasteiger partial charge on any atom is 0.335 e. The maximum absolute atomic E-state index is 10.9. The average molecular weight is 260 g/mol. The highest BCUT2D eigenvalue weighted by molar-refractivity contribution is 5.83. The van der Waals surface area contributed by atoms with Gasteiger partial charge in [-0.3, -0.25) is 0 Å². The summed E-state index contributed by atoms with van der Waals surface area (Å²) in [7, 11) is 0. The Hall–Kier alpha value is -2.82.